The van der Waals surface area contributed by atoms with E-state index >= 15 is 0 Å². The molecule has 0 saturated heterocycles. The number of nitrogens with zero attached hydrogens (tertiary/aromatic N) is 2. The Balaban J connectivity index is 2.10. The zero-order chi connectivity index (χ0) is 14.5. The predicted molar refractivity (Wildman–Crippen MR) is 83.8 cm³/mol. The van der Waals surface area contributed by atoms with E-state index in [4.69, 9.17) is 4.74 Å². The van der Waals surface area contributed by atoms with Crippen LogP contribution in [0.3, 0.4) is 0 Å². The molecular formula is C15H20BrN3O. The van der Waals surface area contributed by atoms with Gasteiger partial charge in [-0.25, -0.2) is 0 Å². The van der Waals surface area contributed by atoms with Crippen LogP contribution in [0.4, 0.5) is 0 Å². The summed E-state index contributed by atoms with van der Waals surface area (Å²) in [5, 5.41) is 7.65. The maximum absolute atomic E-state index is 5.95. The number of halogens is 1. The zero-order valence-electron chi connectivity index (χ0n) is 12.1. The van der Waals surface area contributed by atoms with Gasteiger partial charge < -0.3 is 10.1 Å². The summed E-state index contributed by atoms with van der Waals surface area (Å²) in [6.07, 6.45) is 0. The molecule has 1 N–H and O–H groups in total. The van der Waals surface area contributed by atoms with Crippen LogP contribution >= 0.6 is 15.9 Å². The summed E-state index contributed by atoms with van der Waals surface area (Å²) in [6.45, 7) is 6.34. The van der Waals surface area contributed by atoms with E-state index in [0.29, 0.717) is 6.61 Å². The molecule has 0 aliphatic heterocycles. The number of rotatable bonds is 6. The number of nitrogens with one attached hydrogen (secondary N) is 1. The summed E-state index contributed by atoms with van der Waals surface area (Å²) in [7, 11) is 1.94. The fraction of sp³-hybridized carbons (Fsp3) is 0.400. The molecule has 20 heavy (non-hydrogen) atoms. The summed E-state index contributed by atoms with van der Waals surface area (Å²) in [5.74, 6) is 0.910. The SMILES string of the molecule is CCNCc1cc(Br)ccc1OCc1cc(C)nn1C. The zero-order valence-corrected chi connectivity index (χ0v) is 13.7. The fourth-order valence-electron chi connectivity index (χ4n) is 2.04. The van der Waals surface area contributed by atoms with Crippen molar-refractivity contribution in [2.75, 3.05) is 6.54 Å². The fourth-order valence-corrected chi connectivity index (χ4v) is 2.45. The van der Waals surface area contributed by atoms with Crippen LogP contribution in [-0.4, -0.2) is 16.3 Å². The molecule has 0 unspecified atom stereocenters. The average Bonchev–Trinajstić information content (AvgIpc) is 2.73. The lowest BCUT2D eigenvalue weighted by Crippen LogP contribution is -2.13. The number of hydrogen-bond donors (Lipinski definition) is 1. The Hall–Kier alpha value is -1.33. The van der Waals surface area contributed by atoms with E-state index in [-0.39, 0.29) is 0 Å². The van der Waals surface area contributed by atoms with Gasteiger partial charge in [-0.15, -0.1) is 0 Å². The van der Waals surface area contributed by atoms with E-state index in [9.17, 15) is 0 Å². The highest BCUT2D eigenvalue weighted by Gasteiger charge is 2.07. The van der Waals surface area contributed by atoms with Gasteiger partial charge in [-0.1, -0.05) is 22.9 Å². The normalized spacial score (nSPS) is 10.8. The predicted octanol–water partition coefficient (Wildman–Crippen LogP) is 3.18. The topological polar surface area (TPSA) is 39.1 Å². The molecular weight excluding hydrogens is 318 g/mol. The summed E-state index contributed by atoms with van der Waals surface area (Å²) in [6, 6.07) is 8.13. The van der Waals surface area contributed by atoms with Gasteiger partial charge in [-0.3, -0.25) is 4.68 Å². The van der Waals surface area contributed by atoms with E-state index < -0.39 is 0 Å². The van der Waals surface area contributed by atoms with E-state index in [2.05, 4.69) is 39.3 Å². The van der Waals surface area contributed by atoms with Gasteiger partial charge in [0, 0.05) is 23.6 Å². The Morgan fingerprint density at radius 2 is 2.15 bits per heavy atom. The summed E-state index contributed by atoms with van der Waals surface area (Å²) in [4.78, 5) is 0. The van der Waals surface area contributed by atoms with Crippen molar-refractivity contribution in [2.45, 2.75) is 27.0 Å². The molecule has 2 rings (SSSR count). The second kappa shape index (κ2) is 6.90. The minimum Gasteiger partial charge on any atom is -0.487 e. The molecule has 1 heterocycles. The number of hydrogen-bond acceptors (Lipinski definition) is 3. The van der Waals surface area contributed by atoms with Gasteiger partial charge in [0.25, 0.3) is 0 Å². The Bertz CT molecular complexity index is 580. The molecule has 0 saturated carbocycles. The highest BCUT2D eigenvalue weighted by Crippen LogP contribution is 2.24. The summed E-state index contributed by atoms with van der Waals surface area (Å²) < 4.78 is 8.87. The average molecular weight is 338 g/mol. The van der Waals surface area contributed by atoms with E-state index in [1.165, 1.54) is 0 Å². The molecule has 0 amide bonds. The first-order chi connectivity index (χ1) is 9.60. The molecule has 2 aromatic rings. The number of aryl methyl sites for hydroxylation is 2. The largest absolute Gasteiger partial charge is 0.487 e. The highest BCUT2D eigenvalue weighted by atomic mass is 79.9. The Morgan fingerprint density at radius 1 is 1.35 bits per heavy atom. The van der Waals surface area contributed by atoms with Crippen molar-refractivity contribution in [3.05, 3.63) is 45.7 Å². The Kier molecular flexibility index (Phi) is 5.20. The third-order valence-corrected chi connectivity index (χ3v) is 3.56. The minimum atomic E-state index is 0.526. The molecule has 1 aromatic carbocycles. The Morgan fingerprint density at radius 3 is 2.80 bits per heavy atom. The van der Waals surface area contributed by atoms with Crippen molar-refractivity contribution in [1.29, 1.82) is 0 Å². The first-order valence-corrected chi connectivity index (χ1v) is 7.51. The smallest absolute Gasteiger partial charge is 0.130 e. The molecule has 0 aliphatic rings. The molecule has 0 atom stereocenters. The van der Waals surface area contributed by atoms with Crippen LogP contribution in [0.1, 0.15) is 23.9 Å². The standard InChI is InChI=1S/C15H20BrN3O/c1-4-17-9-12-8-13(16)5-6-15(12)20-10-14-7-11(2)18-19(14)3/h5-8,17H,4,9-10H2,1-3H3. The van der Waals surface area contributed by atoms with Crippen LogP contribution in [-0.2, 0) is 20.2 Å². The second-order valence-electron chi connectivity index (χ2n) is 4.72. The van der Waals surface area contributed by atoms with Gasteiger partial charge in [-0.05, 0) is 37.7 Å². The first kappa shape index (κ1) is 15.1. The molecule has 5 heteroatoms. The van der Waals surface area contributed by atoms with E-state index in [0.717, 1.165) is 40.3 Å². The van der Waals surface area contributed by atoms with Crippen molar-refractivity contribution >= 4 is 15.9 Å². The monoisotopic (exact) mass is 337 g/mol. The lowest BCUT2D eigenvalue weighted by atomic mass is 10.2. The Labute approximate surface area is 128 Å². The van der Waals surface area contributed by atoms with Gasteiger partial charge in [0.05, 0.1) is 11.4 Å². The maximum atomic E-state index is 5.95. The van der Waals surface area contributed by atoms with Crippen molar-refractivity contribution in [2.24, 2.45) is 7.05 Å². The van der Waals surface area contributed by atoms with Crippen LogP contribution < -0.4 is 10.1 Å². The van der Waals surface area contributed by atoms with Gasteiger partial charge in [0.2, 0.25) is 0 Å². The highest BCUT2D eigenvalue weighted by molar-refractivity contribution is 9.10. The third kappa shape index (κ3) is 3.84. The van der Waals surface area contributed by atoms with Crippen molar-refractivity contribution in [1.82, 2.24) is 15.1 Å². The van der Waals surface area contributed by atoms with E-state index in [1.807, 2.05) is 36.9 Å². The van der Waals surface area contributed by atoms with Crippen LogP contribution in [0.5, 0.6) is 5.75 Å². The quantitative estimate of drug-likeness (QED) is 0.879. The lowest BCUT2D eigenvalue weighted by molar-refractivity contribution is 0.291. The van der Waals surface area contributed by atoms with Gasteiger partial charge >= 0.3 is 0 Å². The molecule has 108 valence electrons. The molecule has 0 radical (unpaired) electrons. The number of aromatic nitrogens is 2. The molecule has 0 spiro atoms. The number of ether oxygens (including phenoxy) is 1. The molecule has 0 aliphatic carbocycles. The third-order valence-electron chi connectivity index (χ3n) is 3.06. The van der Waals surface area contributed by atoms with Gasteiger partial charge in [0.1, 0.15) is 12.4 Å². The summed E-state index contributed by atoms with van der Waals surface area (Å²) >= 11 is 3.50. The molecule has 4 nitrogen and oxygen atoms in total. The van der Waals surface area contributed by atoms with Crippen LogP contribution in [0.25, 0.3) is 0 Å². The lowest BCUT2D eigenvalue weighted by Gasteiger charge is -2.12. The second-order valence-corrected chi connectivity index (χ2v) is 5.64. The van der Waals surface area contributed by atoms with Crippen LogP contribution in [0.15, 0.2) is 28.7 Å². The molecule has 1 aromatic heterocycles. The van der Waals surface area contributed by atoms with Crippen LogP contribution in [0.2, 0.25) is 0 Å². The van der Waals surface area contributed by atoms with Crippen molar-refractivity contribution in [3.63, 3.8) is 0 Å². The van der Waals surface area contributed by atoms with Gasteiger partial charge in [-0.2, -0.15) is 5.10 Å². The number of benzene rings is 1. The van der Waals surface area contributed by atoms with Crippen molar-refractivity contribution in [3.8, 4) is 5.75 Å². The summed E-state index contributed by atoms with van der Waals surface area (Å²) in [5.41, 5.74) is 3.23. The van der Waals surface area contributed by atoms with Crippen molar-refractivity contribution < 1.29 is 4.74 Å². The molecule has 0 bridgehead atoms. The first-order valence-electron chi connectivity index (χ1n) is 6.71. The maximum Gasteiger partial charge on any atom is 0.130 e. The van der Waals surface area contributed by atoms with E-state index in [1.54, 1.807) is 0 Å². The van der Waals surface area contributed by atoms with Gasteiger partial charge in [0.15, 0.2) is 0 Å². The minimum absolute atomic E-state index is 0.526. The van der Waals surface area contributed by atoms with Crippen LogP contribution in [0, 0.1) is 6.92 Å². The molecule has 0 fully saturated rings.